The highest BCUT2D eigenvalue weighted by Crippen LogP contribution is 2.20. The number of benzene rings is 1. The van der Waals surface area contributed by atoms with Gasteiger partial charge in [0, 0.05) is 45.3 Å². The molecule has 2 heterocycles. The Labute approximate surface area is 153 Å². The summed E-state index contributed by atoms with van der Waals surface area (Å²) < 4.78 is 38.7. The Kier molecular flexibility index (Phi) is 5.67. The highest BCUT2D eigenvalue weighted by atomic mass is 32.2. The number of hydrogen-bond donors (Lipinski definition) is 1. The van der Waals surface area contributed by atoms with Crippen molar-refractivity contribution < 1.29 is 17.6 Å². The zero-order chi connectivity index (χ0) is 18.7. The number of piperazine rings is 1. The van der Waals surface area contributed by atoms with Gasteiger partial charge in [-0.05, 0) is 25.0 Å². The fourth-order valence-electron chi connectivity index (χ4n) is 3.49. The van der Waals surface area contributed by atoms with E-state index in [1.807, 2.05) is 4.90 Å². The lowest BCUT2D eigenvalue weighted by Crippen LogP contribution is -2.56. The summed E-state index contributed by atoms with van der Waals surface area (Å²) in [5, 5.41) is 2.94. The van der Waals surface area contributed by atoms with Gasteiger partial charge in [-0.25, -0.2) is 21.9 Å². The average Bonchev–Trinajstić information content (AvgIpc) is 2.62. The fourth-order valence-corrected chi connectivity index (χ4v) is 4.40. The molecule has 0 aliphatic carbocycles. The molecule has 1 N–H and O–H groups in total. The van der Waals surface area contributed by atoms with E-state index in [0.29, 0.717) is 45.0 Å². The SMILES string of the molecule is CS(=O)(=O)N1CCCC(NC(=O)N2CCN(c3ccccc3F)CC2)C1. The second kappa shape index (κ2) is 7.79. The molecule has 144 valence electrons. The number of amides is 2. The summed E-state index contributed by atoms with van der Waals surface area (Å²) in [7, 11) is -3.24. The molecule has 9 heteroatoms. The lowest BCUT2D eigenvalue weighted by Gasteiger charge is -2.38. The van der Waals surface area contributed by atoms with Crippen LogP contribution in [0.2, 0.25) is 0 Å². The van der Waals surface area contributed by atoms with Crippen molar-refractivity contribution in [2.24, 2.45) is 0 Å². The van der Waals surface area contributed by atoms with Crippen LogP contribution in [0.1, 0.15) is 12.8 Å². The van der Waals surface area contributed by atoms with Crippen LogP contribution in [0.4, 0.5) is 14.9 Å². The quantitative estimate of drug-likeness (QED) is 0.847. The molecule has 0 bridgehead atoms. The topological polar surface area (TPSA) is 73.0 Å². The molecule has 7 nitrogen and oxygen atoms in total. The number of carbonyl (C=O) groups excluding carboxylic acids is 1. The summed E-state index contributed by atoms with van der Waals surface area (Å²) in [5.41, 5.74) is 0.559. The third-order valence-corrected chi connectivity index (χ3v) is 6.21. The predicted molar refractivity (Wildman–Crippen MR) is 98.2 cm³/mol. The van der Waals surface area contributed by atoms with E-state index in [1.165, 1.54) is 16.6 Å². The van der Waals surface area contributed by atoms with Crippen LogP contribution in [-0.4, -0.2) is 75.2 Å². The van der Waals surface area contributed by atoms with Gasteiger partial charge in [0.15, 0.2) is 0 Å². The van der Waals surface area contributed by atoms with Gasteiger partial charge in [-0.3, -0.25) is 0 Å². The van der Waals surface area contributed by atoms with Gasteiger partial charge in [0.05, 0.1) is 11.9 Å². The molecule has 0 radical (unpaired) electrons. The summed E-state index contributed by atoms with van der Waals surface area (Å²) in [6.45, 7) is 2.96. The predicted octanol–water partition coefficient (Wildman–Crippen LogP) is 1.08. The minimum atomic E-state index is -3.24. The number of halogens is 1. The third kappa shape index (κ3) is 4.45. The molecule has 26 heavy (non-hydrogen) atoms. The van der Waals surface area contributed by atoms with Gasteiger partial charge >= 0.3 is 6.03 Å². The third-order valence-electron chi connectivity index (χ3n) is 4.94. The summed E-state index contributed by atoms with van der Waals surface area (Å²) in [6.07, 6.45) is 2.70. The van der Waals surface area contributed by atoms with Crippen molar-refractivity contribution >= 4 is 21.7 Å². The van der Waals surface area contributed by atoms with E-state index in [0.717, 1.165) is 12.8 Å². The van der Waals surface area contributed by atoms with Crippen molar-refractivity contribution in [1.29, 1.82) is 0 Å². The molecule has 1 unspecified atom stereocenters. The van der Waals surface area contributed by atoms with Crippen LogP contribution in [0.25, 0.3) is 0 Å². The number of nitrogens with one attached hydrogen (secondary N) is 1. The Hall–Kier alpha value is -1.87. The summed E-state index contributed by atoms with van der Waals surface area (Å²) in [4.78, 5) is 16.1. The Morgan fingerprint density at radius 1 is 1.15 bits per heavy atom. The maximum Gasteiger partial charge on any atom is 0.317 e. The molecule has 1 aromatic rings. The summed E-state index contributed by atoms with van der Waals surface area (Å²) >= 11 is 0. The average molecular weight is 384 g/mol. The van der Waals surface area contributed by atoms with E-state index < -0.39 is 10.0 Å². The largest absolute Gasteiger partial charge is 0.366 e. The zero-order valence-electron chi connectivity index (χ0n) is 14.9. The Bertz CT molecular complexity index is 750. The fraction of sp³-hybridized carbons (Fsp3) is 0.588. The molecule has 0 spiro atoms. The van der Waals surface area contributed by atoms with Crippen LogP contribution in [0.3, 0.4) is 0 Å². The molecule has 2 saturated heterocycles. The molecule has 0 saturated carbocycles. The van der Waals surface area contributed by atoms with Crippen LogP contribution in [-0.2, 0) is 10.0 Å². The van der Waals surface area contributed by atoms with Crippen LogP contribution < -0.4 is 10.2 Å². The monoisotopic (exact) mass is 384 g/mol. The van der Waals surface area contributed by atoms with Gasteiger partial charge in [0.2, 0.25) is 10.0 Å². The minimum Gasteiger partial charge on any atom is -0.366 e. The molecular weight excluding hydrogens is 359 g/mol. The summed E-state index contributed by atoms with van der Waals surface area (Å²) in [5.74, 6) is -0.256. The van der Waals surface area contributed by atoms with Crippen molar-refractivity contribution in [3.05, 3.63) is 30.1 Å². The zero-order valence-corrected chi connectivity index (χ0v) is 15.7. The Morgan fingerprint density at radius 3 is 2.50 bits per heavy atom. The second-order valence-corrected chi connectivity index (χ2v) is 8.82. The Balaban J connectivity index is 1.52. The summed E-state index contributed by atoms with van der Waals surface area (Å²) in [6, 6.07) is 6.28. The number of carbonyl (C=O) groups is 1. The number of anilines is 1. The second-order valence-electron chi connectivity index (χ2n) is 6.84. The number of piperidine rings is 1. The molecule has 2 fully saturated rings. The van der Waals surface area contributed by atoms with Crippen molar-refractivity contribution in [3.8, 4) is 0 Å². The number of rotatable bonds is 3. The van der Waals surface area contributed by atoms with Crippen LogP contribution >= 0.6 is 0 Å². The molecule has 0 aromatic heterocycles. The Morgan fingerprint density at radius 2 is 1.85 bits per heavy atom. The molecule has 3 rings (SSSR count). The van der Waals surface area contributed by atoms with Crippen LogP contribution in [0, 0.1) is 5.82 Å². The van der Waals surface area contributed by atoms with E-state index >= 15 is 0 Å². The maximum absolute atomic E-state index is 13.9. The van der Waals surface area contributed by atoms with Gasteiger partial charge in [0.25, 0.3) is 0 Å². The highest BCUT2D eigenvalue weighted by molar-refractivity contribution is 7.88. The molecule has 2 aliphatic heterocycles. The van der Waals surface area contributed by atoms with E-state index in [2.05, 4.69) is 5.32 Å². The minimum absolute atomic E-state index is 0.171. The molecule has 1 atom stereocenters. The number of para-hydroxylation sites is 1. The molecule has 2 amide bonds. The molecule has 1 aromatic carbocycles. The van der Waals surface area contributed by atoms with Crippen molar-refractivity contribution in [2.45, 2.75) is 18.9 Å². The van der Waals surface area contributed by atoms with E-state index in [-0.39, 0.29) is 17.9 Å². The number of nitrogens with zero attached hydrogens (tertiary/aromatic N) is 3. The lowest BCUT2D eigenvalue weighted by molar-refractivity contribution is 0.183. The maximum atomic E-state index is 13.9. The van der Waals surface area contributed by atoms with Gasteiger partial charge in [0.1, 0.15) is 5.82 Å². The van der Waals surface area contributed by atoms with Crippen molar-refractivity contribution in [3.63, 3.8) is 0 Å². The van der Waals surface area contributed by atoms with E-state index in [9.17, 15) is 17.6 Å². The van der Waals surface area contributed by atoms with Gasteiger partial charge in [-0.15, -0.1) is 0 Å². The first-order valence-electron chi connectivity index (χ1n) is 8.84. The van der Waals surface area contributed by atoms with Gasteiger partial charge < -0.3 is 15.1 Å². The standard InChI is InChI=1S/C17H25FN4O3S/c1-26(24,25)22-8-4-5-14(13-22)19-17(23)21-11-9-20(10-12-21)16-7-3-2-6-15(16)18/h2-3,6-7,14H,4-5,8-13H2,1H3,(H,19,23). The van der Waals surface area contributed by atoms with Crippen LogP contribution in [0.15, 0.2) is 24.3 Å². The smallest absolute Gasteiger partial charge is 0.317 e. The number of sulfonamides is 1. The number of hydrogen-bond acceptors (Lipinski definition) is 4. The van der Waals surface area contributed by atoms with Gasteiger partial charge in [-0.1, -0.05) is 12.1 Å². The van der Waals surface area contributed by atoms with Crippen molar-refractivity contribution in [2.75, 3.05) is 50.4 Å². The van der Waals surface area contributed by atoms with Crippen molar-refractivity contribution in [1.82, 2.24) is 14.5 Å². The number of urea groups is 1. The first kappa shape index (κ1) is 18.9. The molecule has 2 aliphatic rings. The molecular formula is C17H25FN4O3S. The van der Waals surface area contributed by atoms with E-state index in [1.54, 1.807) is 23.1 Å². The van der Waals surface area contributed by atoms with Gasteiger partial charge in [-0.2, -0.15) is 0 Å². The first-order chi connectivity index (χ1) is 12.3. The van der Waals surface area contributed by atoms with Crippen LogP contribution in [0.5, 0.6) is 0 Å². The lowest BCUT2D eigenvalue weighted by atomic mass is 10.1. The first-order valence-corrected chi connectivity index (χ1v) is 10.7. The van der Waals surface area contributed by atoms with E-state index in [4.69, 9.17) is 0 Å². The highest BCUT2D eigenvalue weighted by Gasteiger charge is 2.29. The normalized spacial score (nSPS) is 22.3.